The second-order valence-electron chi connectivity index (χ2n) is 3.22. The highest BCUT2D eigenvalue weighted by Crippen LogP contribution is 2.16. The lowest BCUT2D eigenvalue weighted by Crippen LogP contribution is -2.03. The summed E-state index contributed by atoms with van der Waals surface area (Å²) in [6.07, 6.45) is 1.90. The van der Waals surface area contributed by atoms with E-state index in [1.54, 1.807) is 0 Å². The van der Waals surface area contributed by atoms with E-state index in [1.807, 2.05) is 6.08 Å². The van der Waals surface area contributed by atoms with Crippen molar-refractivity contribution in [1.82, 2.24) is 0 Å². The second-order valence-corrected chi connectivity index (χ2v) is 3.22. The smallest absolute Gasteiger partial charge is 0.0984 e. The largest absolute Gasteiger partial charge is 0.140 e. The third-order valence-electron chi connectivity index (χ3n) is 2.40. The number of fused-ring (bicyclic) bond motifs is 1. The van der Waals surface area contributed by atoms with Crippen LogP contribution < -0.4 is 5.46 Å². The molecule has 0 radical (unpaired) electrons. The minimum Gasteiger partial charge on any atom is -0.0984 e. The molecule has 0 nitrogen and oxygen atoms in total. The van der Waals surface area contributed by atoms with E-state index in [1.165, 1.54) is 21.8 Å². The Kier molecular flexibility index (Phi) is 1.93. The molecule has 0 spiro atoms. The van der Waals surface area contributed by atoms with Crippen LogP contribution in [0, 0.1) is 0 Å². The molecule has 0 bridgehead atoms. The lowest BCUT2D eigenvalue weighted by Gasteiger charge is -2.04. The van der Waals surface area contributed by atoms with Crippen molar-refractivity contribution < 1.29 is 0 Å². The highest BCUT2D eigenvalue weighted by Gasteiger charge is 1.98. The van der Waals surface area contributed by atoms with Gasteiger partial charge in [-0.25, -0.2) is 0 Å². The second kappa shape index (κ2) is 3.10. The van der Waals surface area contributed by atoms with Crippen LogP contribution in [0.15, 0.2) is 43.0 Å². The van der Waals surface area contributed by atoms with Crippen LogP contribution in [-0.2, 0) is 0 Å². The fourth-order valence-corrected chi connectivity index (χ4v) is 1.65. The molecule has 2 aromatic rings. The van der Waals surface area contributed by atoms with Crippen molar-refractivity contribution in [3.63, 3.8) is 0 Å². The van der Waals surface area contributed by atoms with Gasteiger partial charge in [0.25, 0.3) is 0 Å². The van der Waals surface area contributed by atoms with Crippen LogP contribution in [0.3, 0.4) is 0 Å². The van der Waals surface area contributed by atoms with Gasteiger partial charge in [0, 0.05) is 0 Å². The topological polar surface area (TPSA) is 0 Å². The van der Waals surface area contributed by atoms with E-state index in [0.29, 0.717) is 0 Å². The van der Waals surface area contributed by atoms with Crippen LogP contribution in [0.2, 0.25) is 0 Å². The zero-order valence-electron chi connectivity index (χ0n) is 7.75. The molecule has 0 atom stereocenters. The van der Waals surface area contributed by atoms with Gasteiger partial charge in [0.2, 0.25) is 0 Å². The van der Waals surface area contributed by atoms with Gasteiger partial charge in [-0.2, -0.15) is 0 Å². The van der Waals surface area contributed by atoms with Gasteiger partial charge >= 0.3 is 0 Å². The van der Waals surface area contributed by atoms with Crippen LogP contribution >= 0.6 is 0 Å². The maximum absolute atomic E-state index is 3.81. The minimum absolute atomic E-state index is 1.21. The van der Waals surface area contributed by atoms with E-state index in [4.69, 9.17) is 0 Å². The van der Waals surface area contributed by atoms with Gasteiger partial charge < -0.3 is 0 Å². The predicted molar refractivity (Wildman–Crippen MR) is 62.2 cm³/mol. The molecular formula is C12H11B. The average Bonchev–Trinajstić information content (AvgIpc) is 2.19. The molecule has 0 amide bonds. The number of rotatable bonds is 1. The van der Waals surface area contributed by atoms with E-state index < -0.39 is 0 Å². The van der Waals surface area contributed by atoms with Crippen molar-refractivity contribution in [2.45, 2.75) is 0 Å². The van der Waals surface area contributed by atoms with Crippen molar-refractivity contribution in [1.29, 1.82) is 0 Å². The van der Waals surface area contributed by atoms with Crippen LogP contribution in [0.1, 0.15) is 5.56 Å². The molecular weight excluding hydrogens is 155 g/mol. The van der Waals surface area contributed by atoms with Gasteiger partial charge in [-0.1, -0.05) is 54.5 Å². The summed E-state index contributed by atoms with van der Waals surface area (Å²) in [5.74, 6) is 0. The molecule has 1 heteroatoms. The molecule has 0 saturated carbocycles. The summed E-state index contributed by atoms with van der Waals surface area (Å²) >= 11 is 0. The minimum atomic E-state index is 1.21. The summed E-state index contributed by atoms with van der Waals surface area (Å²) in [5, 5.41) is 2.61. The fraction of sp³-hybridized carbons (Fsp3) is 0. The summed E-state index contributed by atoms with van der Waals surface area (Å²) in [6, 6.07) is 12.7. The number of hydrogen-bond acceptors (Lipinski definition) is 0. The van der Waals surface area contributed by atoms with Crippen LogP contribution in [-0.4, -0.2) is 7.85 Å². The molecule has 0 aliphatic rings. The Balaban J connectivity index is 2.92. The predicted octanol–water partition coefficient (Wildman–Crippen LogP) is 1.74. The Morgan fingerprint density at radius 1 is 1.00 bits per heavy atom. The van der Waals surface area contributed by atoms with Crippen molar-refractivity contribution in [3.05, 3.63) is 48.5 Å². The van der Waals surface area contributed by atoms with Gasteiger partial charge in [0.1, 0.15) is 7.85 Å². The SMILES string of the molecule is Bc1ccc(C=C)c2ccccc12. The van der Waals surface area contributed by atoms with Gasteiger partial charge in [0.15, 0.2) is 0 Å². The molecule has 62 valence electrons. The molecule has 0 aliphatic heterocycles. The normalized spacial score (nSPS) is 10.2. The quantitative estimate of drug-likeness (QED) is 0.566. The van der Waals surface area contributed by atoms with E-state index in [0.717, 1.165) is 0 Å². The first-order chi connectivity index (χ1) is 6.33. The molecule has 0 saturated heterocycles. The lowest BCUT2D eigenvalue weighted by molar-refractivity contribution is 1.75. The Morgan fingerprint density at radius 3 is 2.38 bits per heavy atom. The van der Waals surface area contributed by atoms with E-state index >= 15 is 0 Å². The third kappa shape index (κ3) is 1.27. The summed E-state index contributed by atoms with van der Waals surface area (Å²) in [5.41, 5.74) is 2.53. The molecule has 0 aromatic heterocycles. The van der Waals surface area contributed by atoms with Gasteiger partial charge in [0.05, 0.1) is 0 Å². The van der Waals surface area contributed by atoms with Crippen molar-refractivity contribution in [2.75, 3.05) is 0 Å². The van der Waals surface area contributed by atoms with Gasteiger partial charge in [-0.3, -0.25) is 0 Å². The molecule has 0 heterocycles. The maximum atomic E-state index is 3.81. The Labute approximate surface area is 79.3 Å². The molecule has 2 aromatic carbocycles. The van der Waals surface area contributed by atoms with Crippen molar-refractivity contribution in [2.24, 2.45) is 0 Å². The maximum Gasteiger partial charge on any atom is 0.140 e. The summed E-state index contributed by atoms with van der Waals surface area (Å²) in [6.45, 7) is 3.81. The zero-order valence-corrected chi connectivity index (χ0v) is 7.75. The van der Waals surface area contributed by atoms with Crippen LogP contribution in [0.25, 0.3) is 16.8 Å². The highest BCUT2D eigenvalue weighted by atomic mass is 14.0. The van der Waals surface area contributed by atoms with E-state index in [9.17, 15) is 0 Å². The molecule has 13 heavy (non-hydrogen) atoms. The molecule has 0 fully saturated rings. The summed E-state index contributed by atoms with van der Waals surface area (Å²) in [7, 11) is 2.13. The van der Waals surface area contributed by atoms with Crippen molar-refractivity contribution in [3.8, 4) is 0 Å². The summed E-state index contributed by atoms with van der Waals surface area (Å²) < 4.78 is 0. The first kappa shape index (κ1) is 8.12. The lowest BCUT2D eigenvalue weighted by atomic mass is 9.88. The molecule has 2 rings (SSSR count). The van der Waals surface area contributed by atoms with E-state index in [-0.39, 0.29) is 0 Å². The van der Waals surface area contributed by atoms with Crippen LogP contribution in [0.5, 0.6) is 0 Å². The van der Waals surface area contributed by atoms with Gasteiger partial charge in [-0.15, -0.1) is 0 Å². The monoisotopic (exact) mass is 166 g/mol. The van der Waals surface area contributed by atoms with Gasteiger partial charge in [-0.05, 0) is 16.3 Å². The van der Waals surface area contributed by atoms with Crippen LogP contribution in [0.4, 0.5) is 0 Å². The van der Waals surface area contributed by atoms with Crippen molar-refractivity contribution >= 4 is 30.2 Å². The zero-order chi connectivity index (χ0) is 9.26. The Hall–Kier alpha value is -1.50. The standard InChI is InChI=1S/C12H11B/c1-2-9-7-8-12(13)11-6-4-3-5-10(9)11/h2-8H,1,13H2. The number of benzene rings is 2. The molecule has 0 aliphatic carbocycles. The Bertz CT molecular complexity index is 458. The molecule has 0 unspecified atom stereocenters. The first-order valence-corrected chi connectivity index (χ1v) is 4.43. The average molecular weight is 166 g/mol. The Morgan fingerprint density at radius 2 is 1.69 bits per heavy atom. The fourth-order valence-electron chi connectivity index (χ4n) is 1.65. The third-order valence-corrected chi connectivity index (χ3v) is 2.40. The van der Waals surface area contributed by atoms with E-state index in [2.05, 4.69) is 50.8 Å². The highest BCUT2D eigenvalue weighted by molar-refractivity contribution is 6.39. The molecule has 0 N–H and O–H groups in total. The number of hydrogen-bond donors (Lipinski definition) is 0. The first-order valence-electron chi connectivity index (χ1n) is 4.43. The summed E-state index contributed by atoms with van der Waals surface area (Å²) in [4.78, 5) is 0.